The first-order valence-electron chi connectivity index (χ1n) is 8.19. The van der Waals surface area contributed by atoms with Crippen molar-refractivity contribution in [3.05, 3.63) is 71.0 Å². The summed E-state index contributed by atoms with van der Waals surface area (Å²) in [6, 6.07) is 10.3. The third kappa shape index (κ3) is 4.88. The zero-order chi connectivity index (χ0) is 19.1. The van der Waals surface area contributed by atoms with Gasteiger partial charge in [-0.2, -0.15) is 5.10 Å². The molecule has 0 radical (unpaired) electrons. The number of amides is 1. The summed E-state index contributed by atoms with van der Waals surface area (Å²) in [5, 5.41) is 10.9. The number of ether oxygens (including phenoxy) is 1. The third-order valence-electron chi connectivity index (χ3n) is 3.67. The van der Waals surface area contributed by atoms with Crippen LogP contribution < -0.4 is 15.6 Å². The van der Waals surface area contributed by atoms with Gasteiger partial charge in [-0.15, -0.1) is 5.10 Å². The number of carbonyl (C=O) groups is 1. The first-order chi connectivity index (χ1) is 13.2. The highest BCUT2D eigenvalue weighted by Gasteiger charge is 2.04. The van der Waals surface area contributed by atoms with Gasteiger partial charge in [0, 0.05) is 18.7 Å². The Bertz CT molecular complexity index is 977. The molecule has 0 unspecified atom stereocenters. The highest BCUT2D eigenvalue weighted by molar-refractivity contribution is 5.91. The van der Waals surface area contributed by atoms with Crippen molar-refractivity contribution in [1.82, 2.24) is 29.9 Å². The average Bonchev–Trinajstić information content (AvgIpc) is 3.23. The molecule has 0 saturated carbocycles. The van der Waals surface area contributed by atoms with E-state index in [1.807, 2.05) is 24.3 Å². The lowest BCUT2D eigenvalue weighted by Crippen LogP contribution is -2.31. The Morgan fingerprint density at radius 1 is 1.22 bits per heavy atom. The molecule has 138 valence electrons. The van der Waals surface area contributed by atoms with Crippen LogP contribution in [0.4, 0.5) is 0 Å². The van der Waals surface area contributed by atoms with Crippen LogP contribution in [0.3, 0.4) is 0 Å². The van der Waals surface area contributed by atoms with E-state index in [2.05, 4.69) is 20.5 Å². The van der Waals surface area contributed by atoms with Crippen molar-refractivity contribution in [2.24, 2.45) is 0 Å². The molecule has 27 heavy (non-hydrogen) atoms. The minimum Gasteiger partial charge on any atom is -0.497 e. The molecule has 0 spiro atoms. The van der Waals surface area contributed by atoms with Gasteiger partial charge >= 0.3 is 0 Å². The standard InChI is InChI=1S/C18H18N6O3/c1-27-15-5-2-14(3-6-15)4-8-17(25)20-10-11-23-18(26)9-7-16(22-23)24-13-19-12-21-24/h2-9,12-13H,10-11H2,1H3,(H,20,25)/b8-4+. The van der Waals surface area contributed by atoms with Crippen molar-refractivity contribution >= 4 is 12.0 Å². The van der Waals surface area contributed by atoms with Gasteiger partial charge in [0.2, 0.25) is 5.91 Å². The number of nitrogens with one attached hydrogen (secondary N) is 1. The molecule has 0 fully saturated rings. The van der Waals surface area contributed by atoms with Crippen molar-refractivity contribution in [3.63, 3.8) is 0 Å². The summed E-state index contributed by atoms with van der Waals surface area (Å²) in [6.07, 6.45) is 6.00. The lowest BCUT2D eigenvalue weighted by molar-refractivity contribution is -0.116. The highest BCUT2D eigenvalue weighted by atomic mass is 16.5. The number of aromatic nitrogens is 5. The Kier molecular flexibility index (Phi) is 5.73. The van der Waals surface area contributed by atoms with Gasteiger partial charge in [0.05, 0.1) is 13.7 Å². The number of nitrogens with zero attached hydrogens (tertiary/aromatic N) is 5. The maximum Gasteiger partial charge on any atom is 0.266 e. The largest absolute Gasteiger partial charge is 0.497 e. The lowest BCUT2D eigenvalue weighted by Gasteiger charge is -2.07. The van der Waals surface area contributed by atoms with Crippen LogP contribution in [0.25, 0.3) is 11.9 Å². The van der Waals surface area contributed by atoms with Crippen LogP contribution >= 0.6 is 0 Å². The molecule has 3 rings (SSSR count). The average molecular weight is 366 g/mol. The fraction of sp³-hybridized carbons (Fsp3) is 0.167. The molecule has 1 aromatic carbocycles. The molecular formula is C18H18N6O3. The number of rotatable bonds is 7. The van der Waals surface area contributed by atoms with E-state index in [9.17, 15) is 9.59 Å². The van der Waals surface area contributed by atoms with E-state index < -0.39 is 0 Å². The predicted molar refractivity (Wildman–Crippen MR) is 98.5 cm³/mol. The van der Waals surface area contributed by atoms with Gasteiger partial charge in [-0.3, -0.25) is 9.59 Å². The molecule has 2 aromatic heterocycles. The summed E-state index contributed by atoms with van der Waals surface area (Å²) < 4.78 is 7.80. The fourth-order valence-electron chi connectivity index (χ4n) is 2.28. The minimum atomic E-state index is -0.262. The SMILES string of the molecule is COc1ccc(/C=C/C(=O)NCCn2nc(-n3cncn3)ccc2=O)cc1. The summed E-state index contributed by atoms with van der Waals surface area (Å²) in [6.45, 7) is 0.503. The molecule has 0 aliphatic heterocycles. The third-order valence-corrected chi connectivity index (χ3v) is 3.67. The number of hydrogen-bond donors (Lipinski definition) is 1. The molecule has 0 atom stereocenters. The summed E-state index contributed by atoms with van der Waals surface area (Å²) in [5.74, 6) is 0.965. The van der Waals surface area contributed by atoms with Crippen molar-refractivity contribution in [2.75, 3.05) is 13.7 Å². The molecule has 3 aromatic rings. The van der Waals surface area contributed by atoms with Crippen molar-refractivity contribution in [2.45, 2.75) is 6.54 Å². The monoisotopic (exact) mass is 366 g/mol. The zero-order valence-corrected chi connectivity index (χ0v) is 14.6. The highest BCUT2D eigenvalue weighted by Crippen LogP contribution is 2.12. The van der Waals surface area contributed by atoms with Crippen LogP contribution in [-0.4, -0.2) is 44.1 Å². The molecule has 9 heteroatoms. The molecule has 0 saturated heterocycles. The summed E-state index contributed by atoms with van der Waals surface area (Å²) >= 11 is 0. The summed E-state index contributed by atoms with van der Waals surface area (Å²) in [5.41, 5.74) is 0.617. The minimum absolute atomic E-state index is 0.240. The smallest absolute Gasteiger partial charge is 0.266 e. The molecule has 2 heterocycles. The Morgan fingerprint density at radius 2 is 2.04 bits per heavy atom. The normalized spacial score (nSPS) is 10.9. The van der Waals surface area contributed by atoms with Crippen LogP contribution in [0.15, 0.2) is 59.9 Å². The Hall–Kier alpha value is -3.75. The maximum atomic E-state index is 11.9. The summed E-state index contributed by atoms with van der Waals surface area (Å²) in [4.78, 5) is 27.7. The van der Waals surface area contributed by atoms with Crippen molar-refractivity contribution in [3.8, 4) is 11.6 Å². The molecule has 0 aliphatic rings. The van der Waals surface area contributed by atoms with Gasteiger partial charge < -0.3 is 10.1 Å². The summed E-state index contributed by atoms with van der Waals surface area (Å²) in [7, 11) is 1.60. The topological polar surface area (TPSA) is 104 Å². The predicted octanol–water partition coefficient (Wildman–Crippen LogP) is 0.662. The van der Waals surface area contributed by atoms with E-state index in [0.29, 0.717) is 5.82 Å². The van der Waals surface area contributed by atoms with E-state index in [-0.39, 0.29) is 24.6 Å². The van der Waals surface area contributed by atoms with Crippen LogP contribution in [0.5, 0.6) is 5.75 Å². The van der Waals surface area contributed by atoms with Crippen LogP contribution in [0.2, 0.25) is 0 Å². The zero-order valence-electron chi connectivity index (χ0n) is 14.6. The van der Waals surface area contributed by atoms with Crippen LogP contribution in [0, 0.1) is 0 Å². The van der Waals surface area contributed by atoms with E-state index in [1.165, 1.54) is 34.2 Å². The second-order valence-corrected chi connectivity index (χ2v) is 5.49. The van der Waals surface area contributed by atoms with E-state index in [4.69, 9.17) is 4.74 Å². The molecule has 0 aliphatic carbocycles. The lowest BCUT2D eigenvalue weighted by atomic mass is 10.2. The number of benzene rings is 1. The second-order valence-electron chi connectivity index (χ2n) is 5.49. The first-order valence-corrected chi connectivity index (χ1v) is 8.19. The van der Waals surface area contributed by atoms with E-state index >= 15 is 0 Å². The van der Waals surface area contributed by atoms with Crippen LogP contribution in [-0.2, 0) is 11.3 Å². The molecule has 1 N–H and O–H groups in total. The number of hydrogen-bond acceptors (Lipinski definition) is 6. The van der Waals surface area contributed by atoms with Crippen LogP contribution in [0.1, 0.15) is 5.56 Å². The maximum absolute atomic E-state index is 11.9. The van der Waals surface area contributed by atoms with Gasteiger partial charge in [0.15, 0.2) is 5.82 Å². The molecule has 9 nitrogen and oxygen atoms in total. The van der Waals surface area contributed by atoms with E-state index in [0.717, 1.165) is 11.3 Å². The second kappa shape index (κ2) is 8.56. The Morgan fingerprint density at radius 3 is 2.74 bits per heavy atom. The van der Waals surface area contributed by atoms with Gasteiger partial charge in [-0.25, -0.2) is 14.3 Å². The van der Waals surface area contributed by atoms with Crippen molar-refractivity contribution < 1.29 is 9.53 Å². The number of methoxy groups -OCH3 is 1. The Balaban J connectivity index is 1.54. The molecular weight excluding hydrogens is 348 g/mol. The Labute approximate surface area is 154 Å². The van der Waals surface area contributed by atoms with Gasteiger partial charge in [0.25, 0.3) is 5.56 Å². The van der Waals surface area contributed by atoms with Gasteiger partial charge in [-0.05, 0) is 29.8 Å². The fourth-order valence-corrected chi connectivity index (χ4v) is 2.28. The molecule has 1 amide bonds. The van der Waals surface area contributed by atoms with Crippen molar-refractivity contribution in [1.29, 1.82) is 0 Å². The quantitative estimate of drug-likeness (QED) is 0.616. The van der Waals surface area contributed by atoms with Gasteiger partial charge in [0.1, 0.15) is 18.4 Å². The van der Waals surface area contributed by atoms with Gasteiger partial charge in [-0.1, -0.05) is 12.1 Å². The first kappa shape index (κ1) is 18.1. The van der Waals surface area contributed by atoms with E-state index in [1.54, 1.807) is 19.3 Å². The molecule has 0 bridgehead atoms. The number of carbonyl (C=O) groups excluding carboxylic acids is 1.